The van der Waals surface area contributed by atoms with Gasteiger partial charge in [-0.3, -0.25) is 9.98 Å². The second-order valence-electron chi connectivity index (χ2n) is 6.63. The summed E-state index contributed by atoms with van der Waals surface area (Å²) < 4.78 is 0. The van der Waals surface area contributed by atoms with E-state index in [0.717, 1.165) is 11.4 Å². The molecule has 0 amide bonds. The van der Waals surface area contributed by atoms with Crippen LogP contribution < -0.4 is 37.2 Å². The summed E-state index contributed by atoms with van der Waals surface area (Å²) in [6, 6.07) is 7.14. The fourth-order valence-electron chi connectivity index (χ4n) is 3.44. The van der Waals surface area contributed by atoms with Gasteiger partial charge in [-0.25, -0.2) is 4.98 Å². The molecule has 0 saturated heterocycles. The molecule has 1 aromatic rings. The summed E-state index contributed by atoms with van der Waals surface area (Å²) >= 11 is 0. The Balaban J connectivity index is 0. The van der Waals surface area contributed by atoms with Gasteiger partial charge in [-0.1, -0.05) is 44.6 Å². The zero-order chi connectivity index (χ0) is 15.0. The van der Waals surface area contributed by atoms with Crippen LogP contribution in [0.2, 0.25) is 0 Å². The van der Waals surface area contributed by atoms with Crippen molar-refractivity contribution < 1.29 is 55.8 Å². The van der Waals surface area contributed by atoms with Crippen LogP contribution >= 0.6 is 0 Å². The van der Waals surface area contributed by atoms with Crippen molar-refractivity contribution in [1.82, 2.24) is 4.98 Å². The van der Waals surface area contributed by atoms with Crippen molar-refractivity contribution in [1.29, 1.82) is 0 Å². The van der Waals surface area contributed by atoms with E-state index in [1.165, 1.54) is 64.2 Å². The topological polar surface area (TPSA) is 37.6 Å². The van der Waals surface area contributed by atoms with Crippen LogP contribution in [0.1, 0.15) is 75.6 Å². The predicted octanol–water partition coefficient (Wildman–Crippen LogP) is -4.41. The Labute approximate surface area is 188 Å². The molecule has 0 aliphatic heterocycles. The predicted molar refractivity (Wildman–Crippen MR) is 93.2 cm³/mol. The van der Waals surface area contributed by atoms with E-state index in [1.807, 2.05) is 24.6 Å². The molecule has 0 atom stereocenters. The molecule has 3 nitrogen and oxygen atoms in total. The number of pyridine rings is 1. The first kappa shape index (κ1) is 28.2. The number of aliphatic imine (C=N–C) groups is 2. The first-order valence-corrected chi connectivity index (χ1v) is 8.93. The Morgan fingerprint density at radius 1 is 0.692 bits per heavy atom. The zero-order valence-corrected chi connectivity index (χ0v) is 18.7. The SMILES string of the molecule is C(=NC1CCCCC1)c1cccc(C=NC2CCCCC2)n1.[Cl-].[Cl-].[Cl-].[V+3]. The number of hydrogen-bond donors (Lipinski definition) is 0. The number of halogens is 3. The molecule has 3 rings (SSSR count). The van der Waals surface area contributed by atoms with Gasteiger partial charge in [0, 0.05) is 12.4 Å². The van der Waals surface area contributed by atoms with Crippen molar-refractivity contribution in [2.45, 2.75) is 76.3 Å². The molecule has 26 heavy (non-hydrogen) atoms. The Bertz CT molecular complexity index is 485. The first-order chi connectivity index (χ1) is 10.9. The summed E-state index contributed by atoms with van der Waals surface area (Å²) in [5.74, 6) is 0. The van der Waals surface area contributed by atoms with Gasteiger partial charge in [-0.05, 0) is 37.8 Å². The number of rotatable bonds is 4. The van der Waals surface area contributed by atoms with Gasteiger partial charge in [-0.15, -0.1) is 0 Å². The smallest absolute Gasteiger partial charge is 1.00 e. The zero-order valence-electron chi connectivity index (χ0n) is 15.0. The van der Waals surface area contributed by atoms with Crippen molar-refractivity contribution >= 4 is 12.4 Å². The summed E-state index contributed by atoms with van der Waals surface area (Å²) in [7, 11) is 0. The van der Waals surface area contributed by atoms with E-state index >= 15 is 0 Å². The molecule has 144 valence electrons. The van der Waals surface area contributed by atoms with Gasteiger partial charge in [-0.2, -0.15) is 0 Å². The van der Waals surface area contributed by atoms with Crippen molar-refractivity contribution in [3.05, 3.63) is 29.6 Å². The number of aromatic nitrogens is 1. The number of nitrogens with zero attached hydrogens (tertiary/aromatic N) is 3. The second-order valence-corrected chi connectivity index (χ2v) is 6.63. The van der Waals surface area contributed by atoms with Crippen LogP contribution in [0.15, 0.2) is 28.2 Å². The first-order valence-electron chi connectivity index (χ1n) is 8.93. The van der Waals surface area contributed by atoms with Gasteiger partial charge >= 0.3 is 18.6 Å². The monoisotopic (exact) mass is 453 g/mol. The molecule has 0 unspecified atom stereocenters. The summed E-state index contributed by atoms with van der Waals surface area (Å²) in [6.07, 6.45) is 16.9. The minimum Gasteiger partial charge on any atom is -1.00 e. The molecule has 7 heteroatoms. The Hall–Kier alpha value is -0.0556. The molecule has 1 aromatic heterocycles. The fraction of sp³-hybridized carbons (Fsp3) is 0.632. The van der Waals surface area contributed by atoms with Crippen LogP contribution in [0.25, 0.3) is 0 Å². The second kappa shape index (κ2) is 15.9. The molecule has 2 aliphatic carbocycles. The van der Waals surface area contributed by atoms with Crippen LogP contribution in [-0.4, -0.2) is 29.5 Å². The van der Waals surface area contributed by atoms with Crippen LogP contribution in [0.5, 0.6) is 0 Å². The van der Waals surface area contributed by atoms with Crippen LogP contribution in [0.3, 0.4) is 0 Å². The minimum atomic E-state index is 0. The van der Waals surface area contributed by atoms with E-state index in [4.69, 9.17) is 9.98 Å². The molecule has 0 aromatic carbocycles. The maximum absolute atomic E-state index is 4.71. The van der Waals surface area contributed by atoms with Crippen LogP contribution in [0.4, 0.5) is 0 Å². The van der Waals surface area contributed by atoms with E-state index < -0.39 is 0 Å². The standard InChI is InChI=1S/C19H27N3.3ClH.V/c1-3-8-16(9-4-1)20-14-18-12-7-13-19(22-18)15-21-17-10-5-2-6-11-17;;;;/h7,12-17H,1-6,8-11H2;3*1H;/q;;;;+3/p-3. The van der Waals surface area contributed by atoms with Crippen LogP contribution in [0, 0.1) is 0 Å². The summed E-state index contributed by atoms with van der Waals surface area (Å²) in [5, 5.41) is 0. The average Bonchev–Trinajstić information content (AvgIpc) is 2.60. The molecule has 0 radical (unpaired) electrons. The van der Waals surface area contributed by atoms with E-state index in [1.54, 1.807) is 0 Å². The molecule has 1 heterocycles. The third kappa shape index (κ3) is 9.76. The quantitative estimate of drug-likeness (QED) is 0.424. The molecule has 0 N–H and O–H groups in total. The maximum Gasteiger partial charge on any atom is 3.00 e. The molecule has 2 fully saturated rings. The molecule has 0 spiro atoms. The van der Waals surface area contributed by atoms with Gasteiger partial charge < -0.3 is 37.2 Å². The summed E-state index contributed by atoms with van der Waals surface area (Å²) in [6.45, 7) is 0. The van der Waals surface area contributed by atoms with E-state index in [2.05, 4.69) is 11.1 Å². The maximum atomic E-state index is 4.71. The van der Waals surface area contributed by atoms with E-state index in [0.29, 0.717) is 12.1 Å². The van der Waals surface area contributed by atoms with Crippen LogP contribution in [-0.2, 0) is 18.6 Å². The summed E-state index contributed by atoms with van der Waals surface area (Å²) in [5.41, 5.74) is 1.91. The Kier molecular flexibility index (Phi) is 17.3. The molecule has 0 bridgehead atoms. The minimum absolute atomic E-state index is 0. The van der Waals surface area contributed by atoms with Crippen molar-refractivity contribution in [3.63, 3.8) is 0 Å². The molecular weight excluding hydrogens is 428 g/mol. The van der Waals surface area contributed by atoms with Gasteiger partial charge in [0.15, 0.2) is 0 Å². The average molecular weight is 455 g/mol. The van der Waals surface area contributed by atoms with E-state index in [9.17, 15) is 0 Å². The Morgan fingerprint density at radius 2 is 1.08 bits per heavy atom. The van der Waals surface area contributed by atoms with Gasteiger partial charge in [0.2, 0.25) is 0 Å². The van der Waals surface area contributed by atoms with Gasteiger partial charge in [0.1, 0.15) is 0 Å². The van der Waals surface area contributed by atoms with Gasteiger partial charge in [0.05, 0.1) is 23.5 Å². The van der Waals surface area contributed by atoms with E-state index in [-0.39, 0.29) is 55.8 Å². The molecular formula is C19H27Cl3N3V. The van der Waals surface area contributed by atoms with Crippen molar-refractivity contribution in [3.8, 4) is 0 Å². The van der Waals surface area contributed by atoms with Gasteiger partial charge in [0.25, 0.3) is 0 Å². The Morgan fingerprint density at radius 3 is 1.46 bits per heavy atom. The van der Waals surface area contributed by atoms with Crippen molar-refractivity contribution in [2.75, 3.05) is 0 Å². The molecule has 2 saturated carbocycles. The third-order valence-corrected chi connectivity index (χ3v) is 4.78. The normalized spacial score (nSPS) is 18.5. The summed E-state index contributed by atoms with van der Waals surface area (Å²) in [4.78, 5) is 14.1. The number of hydrogen-bond acceptors (Lipinski definition) is 3. The third-order valence-electron chi connectivity index (χ3n) is 4.78. The fourth-order valence-corrected chi connectivity index (χ4v) is 3.44. The van der Waals surface area contributed by atoms with Crippen molar-refractivity contribution in [2.24, 2.45) is 9.98 Å². The largest absolute Gasteiger partial charge is 3.00 e. The molecule has 2 aliphatic rings.